The number of anilines is 1. The summed E-state index contributed by atoms with van der Waals surface area (Å²) >= 11 is 0. The Labute approximate surface area is 151 Å². The lowest BCUT2D eigenvalue weighted by atomic mass is 10.1. The van der Waals surface area contributed by atoms with Crippen molar-refractivity contribution in [3.05, 3.63) is 29.8 Å². The number of hydrogen-bond donors (Lipinski definition) is 1. The molecule has 0 bridgehead atoms. The van der Waals surface area contributed by atoms with E-state index in [9.17, 15) is 14.4 Å². The number of urea groups is 1. The van der Waals surface area contributed by atoms with Gasteiger partial charge in [0.2, 0.25) is 5.91 Å². The standard InChI is InChI=1S/C18H22N4O4/c1-13-3-2-4-14(11-13)22-17(24)15(16(23)20-18(22)25)12-19-5-6-21-7-9-26-10-8-21/h2-4,11-12,15H,5-10H2,1H3,(H,20,23,25)/t15-/m0/s1. The fourth-order valence-electron chi connectivity index (χ4n) is 2.94. The highest BCUT2D eigenvalue weighted by Crippen LogP contribution is 2.21. The van der Waals surface area contributed by atoms with E-state index >= 15 is 0 Å². The number of nitrogens with one attached hydrogen (secondary N) is 1. The molecular weight excluding hydrogens is 336 g/mol. The summed E-state index contributed by atoms with van der Waals surface area (Å²) < 4.78 is 5.29. The molecule has 3 rings (SSSR count). The molecule has 0 spiro atoms. The summed E-state index contributed by atoms with van der Waals surface area (Å²) in [6, 6.07) is 6.27. The van der Waals surface area contributed by atoms with Gasteiger partial charge >= 0.3 is 6.03 Å². The summed E-state index contributed by atoms with van der Waals surface area (Å²) in [6.07, 6.45) is 1.34. The van der Waals surface area contributed by atoms with Crippen LogP contribution in [0.5, 0.6) is 0 Å². The van der Waals surface area contributed by atoms with Crippen molar-refractivity contribution in [1.29, 1.82) is 0 Å². The largest absolute Gasteiger partial charge is 0.379 e. The van der Waals surface area contributed by atoms with E-state index in [0.717, 1.165) is 30.1 Å². The van der Waals surface area contributed by atoms with Crippen LogP contribution >= 0.6 is 0 Å². The van der Waals surface area contributed by atoms with Crippen LogP contribution in [0.2, 0.25) is 0 Å². The monoisotopic (exact) mass is 358 g/mol. The number of amides is 4. The number of hydrogen-bond acceptors (Lipinski definition) is 6. The van der Waals surface area contributed by atoms with Gasteiger partial charge in [-0.05, 0) is 24.6 Å². The fourth-order valence-corrected chi connectivity index (χ4v) is 2.94. The second-order valence-corrected chi connectivity index (χ2v) is 6.29. The van der Waals surface area contributed by atoms with Gasteiger partial charge in [-0.3, -0.25) is 24.8 Å². The summed E-state index contributed by atoms with van der Waals surface area (Å²) in [7, 11) is 0. The van der Waals surface area contributed by atoms with E-state index in [2.05, 4.69) is 15.2 Å². The van der Waals surface area contributed by atoms with Gasteiger partial charge in [-0.15, -0.1) is 0 Å². The van der Waals surface area contributed by atoms with Gasteiger partial charge in [0.15, 0.2) is 5.92 Å². The molecular formula is C18H22N4O4. The average Bonchev–Trinajstić information content (AvgIpc) is 2.61. The molecule has 0 unspecified atom stereocenters. The minimum Gasteiger partial charge on any atom is -0.379 e. The average molecular weight is 358 g/mol. The number of aryl methyl sites for hydroxylation is 1. The Balaban J connectivity index is 1.66. The Hall–Kier alpha value is -2.58. The minimum absolute atomic E-state index is 0.437. The molecule has 1 aromatic rings. The number of nitrogens with zero attached hydrogens (tertiary/aromatic N) is 3. The predicted molar refractivity (Wildman–Crippen MR) is 96.3 cm³/mol. The van der Waals surface area contributed by atoms with Crippen molar-refractivity contribution in [2.75, 3.05) is 44.3 Å². The first kappa shape index (κ1) is 18.2. The van der Waals surface area contributed by atoms with Crippen molar-refractivity contribution in [3.63, 3.8) is 0 Å². The highest BCUT2D eigenvalue weighted by molar-refractivity contribution is 6.32. The number of morpholine rings is 1. The van der Waals surface area contributed by atoms with Gasteiger partial charge in [-0.1, -0.05) is 12.1 Å². The molecule has 2 aliphatic rings. The lowest BCUT2D eigenvalue weighted by Gasteiger charge is -2.28. The number of rotatable bonds is 5. The molecule has 2 heterocycles. The number of aliphatic imine (C=N–C) groups is 1. The SMILES string of the molecule is Cc1cccc(N2C(=O)NC(=O)[C@H](C=NCCN3CCOCC3)C2=O)c1. The maximum Gasteiger partial charge on any atom is 0.335 e. The van der Waals surface area contributed by atoms with E-state index in [-0.39, 0.29) is 0 Å². The van der Waals surface area contributed by atoms with E-state index < -0.39 is 23.8 Å². The zero-order valence-corrected chi connectivity index (χ0v) is 14.7. The molecule has 0 aliphatic carbocycles. The van der Waals surface area contributed by atoms with Gasteiger partial charge < -0.3 is 4.74 Å². The highest BCUT2D eigenvalue weighted by atomic mass is 16.5. The van der Waals surface area contributed by atoms with Crippen LogP contribution in [0.3, 0.4) is 0 Å². The maximum atomic E-state index is 12.7. The summed E-state index contributed by atoms with van der Waals surface area (Å²) in [5.41, 5.74) is 1.35. The molecule has 1 aromatic carbocycles. The van der Waals surface area contributed by atoms with Crippen LogP contribution in [0, 0.1) is 12.8 Å². The van der Waals surface area contributed by atoms with Crippen LogP contribution in [0.4, 0.5) is 10.5 Å². The smallest absolute Gasteiger partial charge is 0.335 e. The number of carbonyl (C=O) groups is 3. The highest BCUT2D eigenvalue weighted by Gasteiger charge is 2.40. The lowest BCUT2D eigenvalue weighted by Crippen LogP contribution is -2.58. The number of imide groups is 2. The number of ether oxygens (including phenoxy) is 1. The molecule has 1 atom stereocenters. The molecule has 2 fully saturated rings. The Bertz CT molecular complexity index is 728. The number of carbonyl (C=O) groups excluding carboxylic acids is 3. The van der Waals surface area contributed by atoms with Gasteiger partial charge in [-0.25, -0.2) is 9.69 Å². The summed E-state index contributed by atoms with van der Waals surface area (Å²) in [5.74, 6) is -2.32. The van der Waals surface area contributed by atoms with E-state index in [1.807, 2.05) is 13.0 Å². The lowest BCUT2D eigenvalue weighted by molar-refractivity contribution is -0.131. The Morgan fingerprint density at radius 2 is 2.04 bits per heavy atom. The van der Waals surface area contributed by atoms with Crippen LogP contribution in [-0.2, 0) is 14.3 Å². The second-order valence-electron chi connectivity index (χ2n) is 6.29. The van der Waals surface area contributed by atoms with Crippen LogP contribution < -0.4 is 10.2 Å². The molecule has 8 nitrogen and oxygen atoms in total. The quantitative estimate of drug-likeness (QED) is 0.615. The van der Waals surface area contributed by atoms with E-state index in [4.69, 9.17) is 4.74 Å². The molecule has 0 aromatic heterocycles. The van der Waals surface area contributed by atoms with Crippen molar-refractivity contribution in [3.8, 4) is 0 Å². The van der Waals surface area contributed by atoms with Gasteiger partial charge in [0.25, 0.3) is 5.91 Å². The van der Waals surface area contributed by atoms with Crippen molar-refractivity contribution >= 4 is 29.7 Å². The van der Waals surface area contributed by atoms with Crippen molar-refractivity contribution < 1.29 is 19.1 Å². The van der Waals surface area contributed by atoms with Gasteiger partial charge in [-0.2, -0.15) is 0 Å². The minimum atomic E-state index is -1.10. The summed E-state index contributed by atoms with van der Waals surface area (Å²) in [6.45, 7) is 6.22. The Kier molecular flexibility index (Phi) is 5.75. The zero-order valence-electron chi connectivity index (χ0n) is 14.7. The third-order valence-corrected chi connectivity index (χ3v) is 4.37. The fraction of sp³-hybridized carbons (Fsp3) is 0.444. The Morgan fingerprint density at radius 1 is 1.27 bits per heavy atom. The molecule has 138 valence electrons. The summed E-state index contributed by atoms with van der Waals surface area (Å²) in [5, 5.41) is 2.23. The molecule has 26 heavy (non-hydrogen) atoms. The van der Waals surface area contributed by atoms with Crippen LogP contribution in [0.1, 0.15) is 5.56 Å². The first-order valence-corrected chi connectivity index (χ1v) is 8.62. The molecule has 0 saturated carbocycles. The Morgan fingerprint density at radius 3 is 2.77 bits per heavy atom. The van der Waals surface area contributed by atoms with Crippen molar-refractivity contribution in [2.45, 2.75) is 6.92 Å². The summed E-state index contributed by atoms with van der Waals surface area (Å²) in [4.78, 5) is 44.3. The maximum absolute atomic E-state index is 12.7. The predicted octanol–water partition coefficient (Wildman–Crippen LogP) is 0.597. The van der Waals surface area contributed by atoms with Crippen molar-refractivity contribution in [2.24, 2.45) is 10.9 Å². The van der Waals surface area contributed by atoms with Gasteiger partial charge in [0.1, 0.15) is 0 Å². The van der Waals surface area contributed by atoms with Crippen LogP contribution in [0.25, 0.3) is 0 Å². The second kappa shape index (κ2) is 8.20. The molecule has 8 heteroatoms. The first-order chi connectivity index (χ1) is 12.6. The van der Waals surface area contributed by atoms with Crippen molar-refractivity contribution in [1.82, 2.24) is 10.2 Å². The molecule has 2 saturated heterocycles. The molecule has 0 radical (unpaired) electrons. The van der Waals surface area contributed by atoms with Gasteiger partial charge in [0.05, 0.1) is 25.4 Å². The normalized spacial score (nSPS) is 22.1. The topological polar surface area (TPSA) is 91.3 Å². The van der Waals surface area contributed by atoms with E-state index in [1.54, 1.807) is 18.2 Å². The van der Waals surface area contributed by atoms with Crippen LogP contribution in [-0.4, -0.2) is 68.4 Å². The molecule has 4 amide bonds. The van der Waals surface area contributed by atoms with E-state index in [0.29, 0.717) is 25.4 Å². The third kappa shape index (κ3) is 4.14. The molecule has 2 aliphatic heterocycles. The van der Waals surface area contributed by atoms with E-state index in [1.165, 1.54) is 6.21 Å². The van der Waals surface area contributed by atoms with Gasteiger partial charge in [0, 0.05) is 25.8 Å². The van der Waals surface area contributed by atoms with Crippen LogP contribution in [0.15, 0.2) is 29.3 Å². The third-order valence-electron chi connectivity index (χ3n) is 4.37. The molecule has 1 N–H and O–H groups in total. The zero-order chi connectivity index (χ0) is 18.5. The number of benzene rings is 1. The first-order valence-electron chi connectivity index (χ1n) is 8.62. The number of barbiturate groups is 1.